The van der Waals surface area contributed by atoms with Crippen molar-refractivity contribution in [2.24, 2.45) is 0 Å². The van der Waals surface area contributed by atoms with Crippen LogP contribution in [0, 0.1) is 0 Å². The number of esters is 3. The maximum absolute atomic E-state index is 11.4. The van der Waals surface area contributed by atoms with E-state index in [0.29, 0.717) is 13.0 Å². The monoisotopic (exact) mass is 272 g/mol. The van der Waals surface area contributed by atoms with Crippen molar-refractivity contribution in [3.63, 3.8) is 0 Å². The molecule has 0 amide bonds. The first-order chi connectivity index (χ1) is 8.86. The van der Waals surface area contributed by atoms with E-state index in [1.807, 2.05) is 6.92 Å². The van der Waals surface area contributed by atoms with Gasteiger partial charge in [0.1, 0.15) is 0 Å². The first-order valence-corrected chi connectivity index (χ1v) is 6.08. The van der Waals surface area contributed by atoms with Crippen LogP contribution < -0.4 is 0 Å². The number of hydrogen-bond donors (Lipinski definition) is 0. The van der Waals surface area contributed by atoms with Gasteiger partial charge in [-0.1, -0.05) is 6.92 Å². The molecule has 0 fully saturated rings. The van der Waals surface area contributed by atoms with Gasteiger partial charge >= 0.3 is 17.9 Å². The van der Waals surface area contributed by atoms with Gasteiger partial charge < -0.3 is 14.2 Å². The number of carbonyl (C=O) groups is 3. The predicted octanol–water partition coefficient (Wildman–Crippen LogP) is 1.38. The van der Waals surface area contributed by atoms with Crippen LogP contribution in [0.3, 0.4) is 0 Å². The Morgan fingerprint density at radius 3 is 2.32 bits per heavy atom. The summed E-state index contributed by atoms with van der Waals surface area (Å²) in [6.07, 6.45) is 1.46. The van der Waals surface area contributed by atoms with Crippen LogP contribution in [0.15, 0.2) is 11.6 Å². The molecule has 0 saturated heterocycles. The lowest BCUT2D eigenvalue weighted by molar-refractivity contribution is -0.159. The van der Waals surface area contributed by atoms with Gasteiger partial charge in [-0.3, -0.25) is 0 Å². The third-order valence-electron chi connectivity index (χ3n) is 1.79. The Kier molecular flexibility index (Phi) is 8.24. The molecule has 108 valence electrons. The SMILES string of the molecule is CCCOC(=O)/C=C(/C)C(=O)OCC(=O)OC(C)C. The summed E-state index contributed by atoms with van der Waals surface area (Å²) in [6, 6.07) is 0. The van der Waals surface area contributed by atoms with Crippen LogP contribution in [0.25, 0.3) is 0 Å². The van der Waals surface area contributed by atoms with Gasteiger partial charge in [0.25, 0.3) is 0 Å². The second kappa shape index (κ2) is 9.13. The van der Waals surface area contributed by atoms with Crippen molar-refractivity contribution in [3.05, 3.63) is 11.6 Å². The molecule has 0 rings (SSSR count). The Bertz CT molecular complexity index is 356. The van der Waals surface area contributed by atoms with Crippen molar-refractivity contribution >= 4 is 17.9 Å². The Morgan fingerprint density at radius 2 is 1.79 bits per heavy atom. The summed E-state index contributed by atoms with van der Waals surface area (Å²) >= 11 is 0. The fourth-order valence-electron chi connectivity index (χ4n) is 1.02. The Balaban J connectivity index is 4.16. The minimum absolute atomic E-state index is 0.0680. The lowest BCUT2D eigenvalue weighted by atomic mass is 10.3. The van der Waals surface area contributed by atoms with Gasteiger partial charge in [-0.2, -0.15) is 0 Å². The van der Waals surface area contributed by atoms with Crippen LogP contribution in [-0.4, -0.2) is 37.2 Å². The quantitative estimate of drug-likeness (QED) is 0.396. The highest BCUT2D eigenvalue weighted by molar-refractivity contribution is 5.96. The molecule has 0 aliphatic heterocycles. The maximum atomic E-state index is 11.4. The molecular weight excluding hydrogens is 252 g/mol. The molecule has 0 aromatic rings. The van der Waals surface area contributed by atoms with E-state index >= 15 is 0 Å². The number of ether oxygens (including phenoxy) is 3. The average Bonchev–Trinajstić information content (AvgIpc) is 2.32. The summed E-state index contributed by atoms with van der Waals surface area (Å²) in [4.78, 5) is 33.8. The number of rotatable bonds is 7. The smallest absolute Gasteiger partial charge is 0.344 e. The van der Waals surface area contributed by atoms with Gasteiger partial charge in [-0.25, -0.2) is 14.4 Å². The minimum atomic E-state index is -0.755. The minimum Gasteiger partial charge on any atom is -0.463 e. The summed E-state index contributed by atoms with van der Waals surface area (Å²) in [6.45, 7) is 6.45. The van der Waals surface area contributed by atoms with Gasteiger partial charge in [0.2, 0.25) is 0 Å². The molecule has 0 spiro atoms. The fourth-order valence-corrected chi connectivity index (χ4v) is 1.02. The van der Waals surface area contributed by atoms with Crippen molar-refractivity contribution in [1.82, 2.24) is 0 Å². The molecule has 0 unspecified atom stereocenters. The van der Waals surface area contributed by atoms with E-state index in [9.17, 15) is 14.4 Å². The summed E-state index contributed by atoms with van der Waals surface area (Å²) in [5, 5.41) is 0. The molecule has 6 nitrogen and oxygen atoms in total. The number of carbonyl (C=O) groups excluding carboxylic acids is 3. The molecule has 0 N–H and O–H groups in total. The molecule has 6 heteroatoms. The molecule has 0 aliphatic rings. The van der Waals surface area contributed by atoms with E-state index in [1.54, 1.807) is 13.8 Å². The highest BCUT2D eigenvalue weighted by atomic mass is 16.6. The summed E-state index contributed by atoms with van der Waals surface area (Å²) in [5.74, 6) is -2.00. The van der Waals surface area contributed by atoms with E-state index < -0.39 is 24.5 Å². The molecule has 0 heterocycles. The molecule has 0 saturated carbocycles. The van der Waals surface area contributed by atoms with E-state index in [-0.39, 0.29) is 11.7 Å². The number of hydrogen-bond acceptors (Lipinski definition) is 6. The van der Waals surface area contributed by atoms with Crippen LogP contribution in [0.4, 0.5) is 0 Å². The second-order valence-electron chi connectivity index (χ2n) is 4.11. The summed E-state index contributed by atoms with van der Waals surface area (Å²) in [5.41, 5.74) is 0.0680. The Hall–Kier alpha value is -1.85. The van der Waals surface area contributed by atoms with Gasteiger partial charge in [0.05, 0.1) is 12.7 Å². The van der Waals surface area contributed by atoms with Crippen LogP contribution in [0.2, 0.25) is 0 Å². The zero-order valence-corrected chi connectivity index (χ0v) is 11.7. The second-order valence-corrected chi connectivity index (χ2v) is 4.11. The van der Waals surface area contributed by atoms with Crippen LogP contribution in [0.5, 0.6) is 0 Å². The van der Waals surface area contributed by atoms with Crippen molar-refractivity contribution in [3.8, 4) is 0 Å². The highest BCUT2D eigenvalue weighted by Crippen LogP contribution is 1.99. The van der Waals surface area contributed by atoms with Gasteiger partial charge in [-0.15, -0.1) is 0 Å². The molecule has 0 aliphatic carbocycles. The molecule has 19 heavy (non-hydrogen) atoms. The molecule has 0 atom stereocenters. The molecular formula is C13H20O6. The van der Waals surface area contributed by atoms with Crippen molar-refractivity contribution in [2.75, 3.05) is 13.2 Å². The first kappa shape index (κ1) is 17.2. The largest absolute Gasteiger partial charge is 0.463 e. The zero-order chi connectivity index (χ0) is 14.8. The zero-order valence-electron chi connectivity index (χ0n) is 11.7. The highest BCUT2D eigenvalue weighted by Gasteiger charge is 2.12. The topological polar surface area (TPSA) is 78.9 Å². The lowest BCUT2D eigenvalue weighted by Crippen LogP contribution is -2.20. The van der Waals surface area contributed by atoms with E-state index in [1.165, 1.54) is 6.92 Å². The van der Waals surface area contributed by atoms with Gasteiger partial charge in [0.15, 0.2) is 6.61 Å². The predicted molar refractivity (Wildman–Crippen MR) is 67.2 cm³/mol. The average molecular weight is 272 g/mol. The standard InChI is InChI=1S/C13H20O6/c1-5-6-17-11(14)7-10(4)13(16)18-8-12(15)19-9(2)3/h7,9H,5-6,8H2,1-4H3/b10-7-. The van der Waals surface area contributed by atoms with Crippen LogP contribution in [-0.2, 0) is 28.6 Å². The lowest BCUT2D eigenvalue weighted by Gasteiger charge is -2.08. The van der Waals surface area contributed by atoms with E-state index in [4.69, 9.17) is 9.47 Å². The molecule has 0 aromatic heterocycles. The van der Waals surface area contributed by atoms with Crippen molar-refractivity contribution in [2.45, 2.75) is 40.2 Å². The van der Waals surface area contributed by atoms with E-state index in [2.05, 4.69) is 4.74 Å². The Morgan fingerprint density at radius 1 is 1.16 bits per heavy atom. The van der Waals surface area contributed by atoms with Crippen molar-refractivity contribution < 1.29 is 28.6 Å². The van der Waals surface area contributed by atoms with Crippen molar-refractivity contribution in [1.29, 1.82) is 0 Å². The molecule has 0 bridgehead atoms. The summed E-state index contributed by atoms with van der Waals surface area (Å²) in [7, 11) is 0. The third-order valence-corrected chi connectivity index (χ3v) is 1.79. The van der Waals surface area contributed by atoms with Crippen LogP contribution >= 0.6 is 0 Å². The first-order valence-electron chi connectivity index (χ1n) is 6.08. The van der Waals surface area contributed by atoms with Gasteiger partial charge in [-0.05, 0) is 27.2 Å². The third kappa shape index (κ3) is 8.82. The maximum Gasteiger partial charge on any atom is 0.344 e. The van der Waals surface area contributed by atoms with E-state index in [0.717, 1.165) is 6.08 Å². The van der Waals surface area contributed by atoms with Crippen LogP contribution in [0.1, 0.15) is 34.1 Å². The normalized spacial score (nSPS) is 11.1. The summed E-state index contributed by atoms with van der Waals surface area (Å²) < 4.78 is 14.2. The molecule has 0 aromatic carbocycles. The fraction of sp³-hybridized carbons (Fsp3) is 0.615. The van der Waals surface area contributed by atoms with Gasteiger partial charge in [0, 0.05) is 11.6 Å². The Labute approximate surface area is 112 Å². The molecule has 0 radical (unpaired) electrons.